The molecule has 0 bridgehead atoms. The van der Waals surface area contributed by atoms with Crippen molar-refractivity contribution in [1.29, 1.82) is 0 Å². The van der Waals surface area contributed by atoms with Crippen LogP contribution in [0, 0.1) is 0 Å². The van der Waals surface area contributed by atoms with E-state index in [1.165, 1.54) is 0 Å². The van der Waals surface area contributed by atoms with E-state index in [0.717, 1.165) is 11.0 Å². The van der Waals surface area contributed by atoms with Crippen LogP contribution in [-0.2, 0) is 14.1 Å². The predicted molar refractivity (Wildman–Crippen MR) is 82.6 cm³/mol. The second kappa shape index (κ2) is 4.94. The van der Waals surface area contributed by atoms with Gasteiger partial charge in [0.1, 0.15) is 0 Å². The summed E-state index contributed by atoms with van der Waals surface area (Å²) in [6, 6.07) is 14.4. The number of nitrogens with one attached hydrogen (secondary N) is 1. The summed E-state index contributed by atoms with van der Waals surface area (Å²) in [4.78, 5) is 24.0. The van der Waals surface area contributed by atoms with E-state index < -0.39 is 0 Å². The van der Waals surface area contributed by atoms with Gasteiger partial charge in [0.15, 0.2) is 0 Å². The Hall–Kier alpha value is -2.82. The molecule has 0 aliphatic heterocycles. The van der Waals surface area contributed by atoms with Crippen LogP contribution in [0.3, 0.4) is 0 Å². The third-order valence-corrected chi connectivity index (χ3v) is 3.57. The number of fused-ring (bicyclic) bond motifs is 1. The van der Waals surface area contributed by atoms with Gasteiger partial charge in [0.25, 0.3) is 5.91 Å². The number of carbonyl (C=O) groups excluding carboxylic acids is 1. The number of imidazole rings is 1. The summed E-state index contributed by atoms with van der Waals surface area (Å²) >= 11 is 0. The lowest BCUT2D eigenvalue weighted by atomic mass is 10.2. The molecule has 0 aliphatic rings. The van der Waals surface area contributed by atoms with Gasteiger partial charge in [-0.15, -0.1) is 0 Å². The van der Waals surface area contributed by atoms with Crippen LogP contribution in [0.15, 0.2) is 53.3 Å². The van der Waals surface area contributed by atoms with Crippen molar-refractivity contribution < 1.29 is 4.79 Å². The minimum Gasteiger partial charge on any atom is -0.322 e. The largest absolute Gasteiger partial charge is 0.328 e. The number of rotatable bonds is 2. The minimum atomic E-state index is -0.170. The second-order valence-corrected chi connectivity index (χ2v) is 4.92. The first-order valence-electron chi connectivity index (χ1n) is 6.60. The van der Waals surface area contributed by atoms with Gasteiger partial charge in [0, 0.05) is 25.3 Å². The van der Waals surface area contributed by atoms with Gasteiger partial charge in [-0.05, 0) is 30.3 Å². The van der Waals surface area contributed by atoms with Gasteiger partial charge in [-0.1, -0.05) is 18.2 Å². The molecule has 0 saturated carbocycles. The van der Waals surface area contributed by atoms with Gasteiger partial charge >= 0.3 is 5.69 Å². The van der Waals surface area contributed by atoms with E-state index in [1.807, 2.05) is 24.3 Å². The fourth-order valence-electron chi connectivity index (χ4n) is 2.38. The minimum absolute atomic E-state index is 0.0865. The van der Waals surface area contributed by atoms with E-state index in [1.54, 1.807) is 47.5 Å². The van der Waals surface area contributed by atoms with Crippen LogP contribution in [0.4, 0.5) is 5.69 Å². The Morgan fingerprint density at radius 2 is 1.62 bits per heavy atom. The van der Waals surface area contributed by atoms with Gasteiger partial charge in [-0.25, -0.2) is 4.79 Å². The molecule has 0 saturated heterocycles. The number of nitrogens with zero attached hydrogens (tertiary/aromatic N) is 2. The van der Waals surface area contributed by atoms with E-state index in [-0.39, 0.29) is 11.6 Å². The normalized spacial score (nSPS) is 10.8. The molecule has 1 aromatic heterocycles. The zero-order valence-corrected chi connectivity index (χ0v) is 11.8. The molecule has 0 unspecified atom stereocenters. The van der Waals surface area contributed by atoms with Crippen molar-refractivity contribution in [2.75, 3.05) is 5.32 Å². The molecule has 0 fully saturated rings. The zero-order chi connectivity index (χ0) is 15.0. The first kappa shape index (κ1) is 13.2. The first-order valence-corrected chi connectivity index (χ1v) is 6.60. The van der Waals surface area contributed by atoms with Gasteiger partial charge in [-0.3, -0.25) is 13.9 Å². The third kappa shape index (κ3) is 2.23. The molecule has 0 atom stereocenters. The molecule has 1 amide bonds. The van der Waals surface area contributed by atoms with E-state index >= 15 is 0 Å². The van der Waals surface area contributed by atoms with Crippen molar-refractivity contribution in [3.05, 3.63) is 64.6 Å². The number of benzene rings is 2. The topological polar surface area (TPSA) is 56.0 Å². The van der Waals surface area contributed by atoms with Crippen molar-refractivity contribution in [2.45, 2.75) is 0 Å². The number of aromatic nitrogens is 2. The maximum atomic E-state index is 12.1. The fourth-order valence-corrected chi connectivity index (χ4v) is 2.38. The van der Waals surface area contributed by atoms with Crippen LogP contribution in [0.1, 0.15) is 10.4 Å². The number of carbonyl (C=O) groups is 1. The van der Waals surface area contributed by atoms with Crippen LogP contribution in [-0.4, -0.2) is 15.0 Å². The maximum absolute atomic E-state index is 12.1. The van der Waals surface area contributed by atoms with Crippen LogP contribution in [0.2, 0.25) is 0 Å². The van der Waals surface area contributed by atoms with Crippen molar-refractivity contribution >= 4 is 22.6 Å². The Bertz CT molecular complexity index is 876. The number of hydrogen-bond acceptors (Lipinski definition) is 2. The second-order valence-electron chi connectivity index (χ2n) is 4.92. The molecule has 1 N–H and O–H groups in total. The molecule has 0 aliphatic carbocycles. The summed E-state index contributed by atoms with van der Waals surface area (Å²) in [5.74, 6) is -0.170. The summed E-state index contributed by atoms with van der Waals surface area (Å²) in [6.07, 6.45) is 0. The highest BCUT2D eigenvalue weighted by Crippen LogP contribution is 2.18. The first-order chi connectivity index (χ1) is 10.1. The average molecular weight is 281 g/mol. The van der Waals surface area contributed by atoms with Crippen molar-refractivity contribution in [1.82, 2.24) is 9.13 Å². The van der Waals surface area contributed by atoms with Gasteiger partial charge < -0.3 is 5.32 Å². The highest BCUT2D eigenvalue weighted by molar-refractivity contribution is 6.04. The van der Waals surface area contributed by atoms with Gasteiger partial charge in [-0.2, -0.15) is 0 Å². The Morgan fingerprint density at radius 3 is 2.33 bits per heavy atom. The Labute approximate surface area is 121 Å². The summed E-state index contributed by atoms with van der Waals surface area (Å²) in [6.45, 7) is 0. The molecular formula is C16H15N3O2. The van der Waals surface area contributed by atoms with Crippen LogP contribution >= 0.6 is 0 Å². The molecule has 0 radical (unpaired) electrons. The zero-order valence-electron chi connectivity index (χ0n) is 11.8. The molecule has 2 aromatic carbocycles. The Balaban J connectivity index is 1.97. The van der Waals surface area contributed by atoms with E-state index in [2.05, 4.69) is 5.32 Å². The lowest BCUT2D eigenvalue weighted by Gasteiger charge is -2.06. The van der Waals surface area contributed by atoms with Crippen molar-refractivity contribution in [2.24, 2.45) is 14.1 Å². The molecule has 106 valence electrons. The standard InChI is InChI=1S/C16H15N3O2/c1-18-13-9-8-12(10-14(13)19(2)16(18)21)17-15(20)11-6-4-3-5-7-11/h3-10H,1-2H3,(H,17,20). The third-order valence-electron chi connectivity index (χ3n) is 3.57. The predicted octanol–water partition coefficient (Wildman–Crippen LogP) is 2.13. The van der Waals surface area contributed by atoms with Crippen LogP contribution in [0.25, 0.3) is 11.0 Å². The van der Waals surface area contributed by atoms with E-state index in [4.69, 9.17) is 0 Å². The summed E-state index contributed by atoms with van der Waals surface area (Å²) in [5, 5.41) is 2.84. The average Bonchev–Trinajstić information content (AvgIpc) is 2.73. The summed E-state index contributed by atoms with van der Waals surface area (Å²) in [7, 11) is 3.44. The lowest BCUT2D eigenvalue weighted by Crippen LogP contribution is -2.19. The maximum Gasteiger partial charge on any atom is 0.328 e. The highest BCUT2D eigenvalue weighted by atomic mass is 16.2. The molecular weight excluding hydrogens is 266 g/mol. The van der Waals surface area contributed by atoms with Crippen LogP contribution in [0.5, 0.6) is 0 Å². The Morgan fingerprint density at radius 1 is 0.952 bits per heavy atom. The molecule has 3 aromatic rings. The molecule has 21 heavy (non-hydrogen) atoms. The monoisotopic (exact) mass is 281 g/mol. The smallest absolute Gasteiger partial charge is 0.322 e. The summed E-state index contributed by atoms with van der Waals surface area (Å²) < 4.78 is 3.14. The quantitative estimate of drug-likeness (QED) is 0.782. The molecule has 1 heterocycles. The van der Waals surface area contributed by atoms with Crippen LogP contribution < -0.4 is 11.0 Å². The molecule has 5 nitrogen and oxygen atoms in total. The Kier molecular flexibility index (Phi) is 3.10. The molecule has 0 spiro atoms. The number of aryl methyl sites for hydroxylation is 2. The van der Waals surface area contributed by atoms with Crippen molar-refractivity contribution in [3.63, 3.8) is 0 Å². The van der Waals surface area contributed by atoms with E-state index in [0.29, 0.717) is 11.3 Å². The van der Waals surface area contributed by atoms with Gasteiger partial charge in [0.05, 0.1) is 11.0 Å². The summed E-state index contributed by atoms with van der Waals surface area (Å²) in [5.41, 5.74) is 2.79. The van der Waals surface area contributed by atoms with Crippen molar-refractivity contribution in [3.8, 4) is 0 Å². The number of hydrogen-bond donors (Lipinski definition) is 1. The SMILES string of the molecule is Cn1c(=O)n(C)c2cc(NC(=O)c3ccccc3)ccc21. The van der Waals surface area contributed by atoms with E-state index in [9.17, 15) is 9.59 Å². The lowest BCUT2D eigenvalue weighted by molar-refractivity contribution is 0.102. The fraction of sp³-hybridized carbons (Fsp3) is 0.125. The number of amides is 1. The molecule has 5 heteroatoms. The van der Waals surface area contributed by atoms with Gasteiger partial charge in [0.2, 0.25) is 0 Å². The number of anilines is 1. The highest BCUT2D eigenvalue weighted by Gasteiger charge is 2.10. The molecule has 3 rings (SSSR count).